The molecule has 0 saturated carbocycles. The lowest BCUT2D eigenvalue weighted by Crippen LogP contribution is -2.41. The van der Waals surface area contributed by atoms with Crippen LogP contribution in [0.2, 0.25) is 0 Å². The third-order valence-electron chi connectivity index (χ3n) is 7.24. The topological polar surface area (TPSA) is 116 Å². The van der Waals surface area contributed by atoms with Crippen molar-refractivity contribution in [3.05, 3.63) is 87.8 Å². The van der Waals surface area contributed by atoms with Gasteiger partial charge in [-0.15, -0.1) is 0 Å². The normalized spacial score (nSPS) is 16.7. The third kappa shape index (κ3) is 7.24. The lowest BCUT2D eigenvalue weighted by molar-refractivity contribution is -0.170. The smallest absolute Gasteiger partial charge is 0.384 e. The number of aliphatic imine (C=N–C) groups is 1. The number of amides is 2. The van der Waals surface area contributed by atoms with Gasteiger partial charge < -0.3 is 15.1 Å². The Morgan fingerprint density at radius 1 is 1.06 bits per heavy atom. The molecule has 0 unspecified atom stereocenters. The molecule has 5 rings (SSSR count). The van der Waals surface area contributed by atoms with Crippen molar-refractivity contribution in [2.45, 2.75) is 37.4 Å². The number of unbranched alkanes of at least 4 members (excludes halogenated alkanes) is 1. The average Bonchev–Trinajstić information content (AvgIpc) is 3.54. The Morgan fingerprint density at radius 3 is 2.51 bits per heavy atom. The molecule has 240 valence electrons. The predicted molar refractivity (Wildman–Crippen MR) is 178 cm³/mol. The van der Waals surface area contributed by atoms with Crippen LogP contribution in [-0.4, -0.2) is 48.2 Å². The van der Waals surface area contributed by atoms with Gasteiger partial charge in [0.2, 0.25) is 0 Å². The Hall–Kier alpha value is -4.92. The summed E-state index contributed by atoms with van der Waals surface area (Å²) in [5, 5.41) is 22.6. The Morgan fingerprint density at radius 2 is 1.83 bits per heavy atom. The number of hydrogen-bond acceptors (Lipinski definition) is 9. The summed E-state index contributed by atoms with van der Waals surface area (Å²) in [6.45, 7) is 2.52. The molecule has 0 bridgehead atoms. The van der Waals surface area contributed by atoms with E-state index in [1.807, 2.05) is 43.3 Å². The van der Waals surface area contributed by atoms with Crippen LogP contribution in [0.25, 0.3) is 0 Å². The lowest BCUT2D eigenvalue weighted by atomic mass is 10.2. The van der Waals surface area contributed by atoms with Gasteiger partial charge >= 0.3 is 12.1 Å². The van der Waals surface area contributed by atoms with Gasteiger partial charge in [-0.1, -0.05) is 42.1 Å². The van der Waals surface area contributed by atoms with Gasteiger partial charge in [-0.25, -0.2) is 4.99 Å². The second-order valence-electron chi connectivity index (χ2n) is 10.4. The average molecular weight is 676 g/mol. The van der Waals surface area contributed by atoms with Crippen molar-refractivity contribution in [3.8, 4) is 12.1 Å². The van der Waals surface area contributed by atoms with Crippen molar-refractivity contribution in [1.29, 1.82) is 10.5 Å². The maximum atomic E-state index is 14.1. The zero-order chi connectivity index (χ0) is 33.7. The van der Waals surface area contributed by atoms with E-state index in [1.165, 1.54) is 35.7 Å². The number of alkyl halides is 3. The van der Waals surface area contributed by atoms with Crippen molar-refractivity contribution in [2.24, 2.45) is 4.99 Å². The number of rotatable bonds is 9. The first-order valence-corrected chi connectivity index (χ1v) is 16.1. The number of benzene rings is 3. The minimum Gasteiger partial charge on any atom is -0.384 e. The maximum absolute atomic E-state index is 14.1. The molecule has 2 amide bonds. The SMILES string of the molecule is CCNc1ccc(C#N)cc1N=C1SC(=C2Sc3cc(N(CCCC#N)C(=O)C(F)(F)F)ccc3N2C)C(=O)N1Cc1ccccc1. The lowest BCUT2D eigenvalue weighted by Gasteiger charge is -2.24. The minimum absolute atomic E-state index is 0.000178. The van der Waals surface area contributed by atoms with Crippen LogP contribution in [0.3, 0.4) is 0 Å². The number of fused-ring (bicyclic) bond motifs is 1. The second-order valence-corrected chi connectivity index (χ2v) is 12.4. The van der Waals surface area contributed by atoms with Gasteiger partial charge in [-0.3, -0.25) is 14.5 Å². The summed E-state index contributed by atoms with van der Waals surface area (Å²) in [6.07, 6.45) is -5.01. The highest BCUT2D eigenvalue weighted by Gasteiger charge is 2.44. The molecule has 2 heterocycles. The molecule has 1 saturated heterocycles. The number of carbonyl (C=O) groups excluding carboxylic acids is 2. The Balaban J connectivity index is 1.54. The number of nitrogens with one attached hydrogen (secondary N) is 1. The Kier molecular flexibility index (Phi) is 10.1. The number of thioether (sulfide) groups is 2. The molecule has 2 aliphatic rings. The molecule has 3 aromatic carbocycles. The number of nitriles is 2. The first-order valence-electron chi connectivity index (χ1n) is 14.5. The molecule has 3 aromatic rings. The molecule has 0 aromatic heterocycles. The van der Waals surface area contributed by atoms with E-state index in [1.54, 1.807) is 41.1 Å². The van der Waals surface area contributed by atoms with Crippen molar-refractivity contribution in [3.63, 3.8) is 0 Å². The number of hydrogen-bond donors (Lipinski definition) is 1. The minimum atomic E-state index is -5.09. The number of halogens is 3. The molecule has 14 heteroatoms. The molecule has 1 fully saturated rings. The van der Waals surface area contributed by atoms with E-state index in [9.17, 15) is 28.0 Å². The largest absolute Gasteiger partial charge is 0.471 e. The molecule has 9 nitrogen and oxygen atoms in total. The van der Waals surface area contributed by atoms with Crippen LogP contribution in [-0.2, 0) is 16.1 Å². The first kappa shape index (κ1) is 33.4. The van der Waals surface area contributed by atoms with E-state index in [-0.39, 0.29) is 37.5 Å². The van der Waals surface area contributed by atoms with E-state index in [0.29, 0.717) is 54.1 Å². The number of nitrogens with zero attached hydrogens (tertiary/aromatic N) is 6. The zero-order valence-corrected chi connectivity index (χ0v) is 27.0. The highest BCUT2D eigenvalue weighted by Crippen LogP contribution is 2.51. The highest BCUT2D eigenvalue weighted by molar-refractivity contribution is 8.19. The van der Waals surface area contributed by atoms with Crippen LogP contribution in [0, 0.1) is 22.7 Å². The van der Waals surface area contributed by atoms with Gasteiger partial charge in [0.25, 0.3) is 5.91 Å². The molecule has 1 N–H and O–H groups in total. The molecule has 47 heavy (non-hydrogen) atoms. The maximum Gasteiger partial charge on any atom is 0.471 e. The molecular weight excluding hydrogens is 648 g/mol. The summed E-state index contributed by atoms with van der Waals surface area (Å²) in [7, 11) is 1.76. The van der Waals surface area contributed by atoms with E-state index >= 15 is 0 Å². The molecule has 0 atom stereocenters. The van der Waals surface area contributed by atoms with Crippen molar-refractivity contribution in [2.75, 3.05) is 35.3 Å². The zero-order valence-electron chi connectivity index (χ0n) is 25.3. The number of carbonyl (C=O) groups is 2. The summed E-state index contributed by atoms with van der Waals surface area (Å²) in [6, 6.07) is 23.1. The van der Waals surface area contributed by atoms with Crippen molar-refractivity contribution >= 4 is 63.3 Å². The molecule has 0 spiro atoms. The number of anilines is 3. The fourth-order valence-electron chi connectivity index (χ4n) is 4.99. The van der Waals surface area contributed by atoms with Gasteiger partial charge in [0.15, 0.2) is 5.17 Å². The third-order valence-corrected chi connectivity index (χ3v) is 9.65. The fraction of sp³-hybridized carbons (Fsp3) is 0.242. The van der Waals surface area contributed by atoms with Crippen LogP contribution in [0.1, 0.15) is 30.9 Å². The second kappa shape index (κ2) is 14.2. The monoisotopic (exact) mass is 675 g/mol. The molecule has 0 aliphatic carbocycles. The summed E-state index contributed by atoms with van der Waals surface area (Å²) < 4.78 is 40.4. The highest BCUT2D eigenvalue weighted by atomic mass is 32.2. The van der Waals surface area contributed by atoms with Gasteiger partial charge in [-0.2, -0.15) is 23.7 Å². The standard InChI is InChI=1S/C33H28F3N7O2S2/c1-3-39-24-13-11-22(19-38)17-25(24)40-32-43(20-21-9-5-4-6-10-21)29(44)28(47-32)30-41(2)26-14-12-23(18-27(26)46-30)42(16-8-7-15-37)31(45)33(34,35)36/h4-6,9-14,17-18,39H,3,7-8,16,20H2,1-2H3. The van der Waals surface area contributed by atoms with Crippen LogP contribution in [0.5, 0.6) is 0 Å². The quantitative estimate of drug-likeness (QED) is 0.185. The van der Waals surface area contributed by atoms with E-state index in [2.05, 4.69) is 11.4 Å². The van der Waals surface area contributed by atoms with Crippen LogP contribution in [0.15, 0.2) is 86.6 Å². The van der Waals surface area contributed by atoms with Gasteiger partial charge in [-0.05, 0) is 67.1 Å². The first-order chi connectivity index (χ1) is 22.5. The molecule has 0 radical (unpaired) electrons. The summed E-state index contributed by atoms with van der Waals surface area (Å²) in [5.74, 6) is -2.31. The fourth-order valence-corrected chi connectivity index (χ4v) is 7.36. The summed E-state index contributed by atoms with van der Waals surface area (Å²) in [4.78, 5) is 36.2. The van der Waals surface area contributed by atoms with E-state index < -0.39 is 12.1 Å². The molecular formula is C33H28F3N7O2S2. The van der Waals surface area contributed by atoms with Gasteiger partial charge in [0, 0.05) is 37.1 Å². The van der Waals surface area contributed by atoms with Crippen molar-refractivity contribution in [1.82, 2.24) is 4.90 Å². The summed E-state index contributed by atoms with van der Waals surface area (Å²) in [5.41, 5.74) is 3.19. The Labute approximate surface area is 278 Å². The van der Waals surface area contributed by atoms with Crippen LogP contribution in [0.4, 0.5) is 35.9 Å². The van der Waals surface area contributed by atoms with E-state index in [0.717, 1.165) is 5.56 Å². The summed E-state index contributed by atoms with van der Waals surface area (Å²) >= 11 is 2.39. The van der Waals surface area contributed by atoms with Crippen LogP contribution < -0.4 is 15.1 Å². The van der Waals surface area contributed by atoms with Crippen LogP contribution >= 0.6 is 23.5 Å². The van der Waals surface area contributed by atoms with Crippen molar-refractivity contribution < 1.29 is 22.8 Å². The van der Waals surface area contributed by atoms with E-state index in [4.69, 9.17) is 10.3 Å². The number of amidine groups is 1. The predicted octanol–water partition coefficient (Wildman–Crippen LogP) is 7.36. The van der Waals surface area contributed by atoms with Gasteiger partial charge in [0.05, 0.1) is 46.3 Å². The Bertz CT molecular complexity index is 1850. The van der Waals surface area contributed by atoms with Gasteiger partial charge in [0.1, 0.15) is 4.91 Å². The molecule has 2 aliphatic heterocycles.